The van der Waals surface area contributed by atoms with E-state index in [1.807, 2.05) is 0 Å². The molecule has 36 heavy (non-hydrogen) atoms. The summed E-state index contributed by atoms with van der Waals surface area (Å²) in [6, 6.07) is 13.6. The summed E-state index contributed by atoms with van der Waals surface area (Å²) in [5.74, 6) is 0. The van der Waals surface area contributed by atoms with Crippen LogP contribution in [0, 0.1) is 0 Å². The van der Waals surface area contributed by atoms with Crippen LogP contribution in [0.1, 0.15) is 5.56 Å². The molecule has 0 aliphatic heterocycles. The molecule has 0 saturated carbocycles. The fourth-order valence-electron chi connectivity index (χ4n) is 3.14. The van der Waals surface area contributed by atoms with Crippen molar-refractivity contribution in [3.05, 3.63) is 81.0 Å². The van der Waals surface area contributed by atoms with Crippen LogP contribution >= 0.6 is 45.9 Å². The number of alkyl halides is 3. The van der Waals surface area contributed by atoms with E-state index in [0.717, 1.165) is 34.8 Å². The number of thiophene rings is 2. The maximum Gasteiger partial charge on any atom is 0.417 e. The van der Waals surface area contributed by atoms with E-state index in [0.29, 0.717) is 0 Å². The number of halogens is 5. The van der Waals surface area contributed by atoms with Crippen LogP contribution in [0.25, 0.3) is 11.1 Å². The molecule has 0 aliphatic rings. The van der Waals surface area contributed by atoms with Crippen LogP contribution in [0.2, 0.25) is 8.67 Å². The first-order valence-corrected chi connectivity index (χ1v) is 15.0. The number of anilines is 2. The smallest absolute Gasteiger partial charge is 0.277 e. The van der Waals surface area contributed by atoms with E-state index in [1.54, 1.807) is 0 Å². The molecule has 0 amide bonds. The number of sulfonamides is 2. The maximum atomic E-state index is 13.6. The Morgan fingerprint density at radius 1 is 0.694 bits per heavy atom. The van der Waals surface area contributed by atoms with E-state index >= 15 is 0 Å². The molecule has 6 nitrogen and oxygen atoms in total. The second-order valence-corrected chi connectivity index (χ2v) is 14.4. The van der Waals surface area contributed by atoms with Gasteiger partial charge in [0.2, 0.25) is 0 Å². The first-order chi connectivity index (χ1) is 16.8. The summed E-state index contributed by atoms with van der Waals surface area (Å²) in [5, 5.41) is 0. The Kier molecular flexibility index (Phi) is 7.34. The van der Waals surface area contributed by atoms with Crippen molar-refractivity contribution >= 4 is 77.3 Å². The molecule has 0 fully saturated rings. The van der Waals surface area contributed by atoms with Gasteiger partial charge in [0.15, 0.2) is 0 Å². The summed E-state index contributed by atoms with van der Waals surface area (Å²) in [6.45, 7) is 0. The average molecular weight is 614 g/mol. The van der Waals surface area contributed by atoms with Crippen molar-refractivity contribution in [2.45, 2.75) is 14.6 Å². The summed E-state index contributed by atoms with van der Waals surface area (Å²) >= 11 is 13.2. The SMILES string of the molecule is O=S(=O)(Nc1ccc(-c2ccccc2C(F)(F)F)cc1NS(=O)(=O)c1ccc(Cl)s1)c1ccc(Cl)s1. The quantitative estimate of drug-likeness (QED) is 0.227. The van der Waals surface area contributed by atoms with Gasteiger partial charge in [0.05, 0.1) is 25.6 Å². The number of hydrogen-bond acceptors (Lipinski definition) is 6. The first-order valence-electron chi connectivity index (χ1n) is 9.63. The van der Waals surface area contributed by atoms with Crippen LogP contribution in [0.15, 0.2) is 75.1 Å². The van der Waals surface area contributed by atoms with E-state index in [-0.39, 0.29) is 39.6 Å². The number of nitrogens with one attached hydrogen (secondary N) is 2. The van der Waals surface area contributed by atoms with Crippen molar-refractivity contribution in [3.8, 4) is 11.1 Å². The van der Waals surface area contributed by atoms with Crippen LogP contribution < -0.4 is 9.44 Å². The molecule has 0 unspecified atom stereocenters. The Labute approximate surface area is 222 Å². The standard InChI is InChI=1S/C21H13Cl2F3N2O4S4/c22-17-7-9-19(33-17)35(29,30)27-15-6-5-12(13-3-1-2-4-14(13)21(24,25)26)11-16(15)28-36(31,32)20-10-8-18(23)34-20/h1-11,27-28H. The minimum Gasteiger partial charge on any atom is -0.277 e. The molecule has 2 heterocycles. The van der Waals surface area contributed by atoms with Gasteiger partial charge in [-0.1, -0.05) is 47.5 Å². The van der Waals surface area contributed by atoms with Crippen LogP contribution in [-0.2, 0) is 26.2 Å². The topological polar surface area (TPSA) is 92.3 Å². The third-order valence-electron chi connectivity index (χ3n) is 4.68. The summed E-state index contributed by atoms with van der Waals surface area (Å²) in [6.07, 6.45) is -4.68. The van der Waals surface area contributed by atoms with Gasteiger partial charge < -0.3 is 0 Å². The van der Waals surface area contributed by atoms with Gasteiger partial charge in [0, 0.05) is 0 Å². The molecule has 15 heteroatoms. The lowest BCUT2D eigenvalue weighted by atomic mass is 9.98. The highest BCUT2D eigenvalue weighted by Crippen LogP contribution is 2.40. The number of benzene rings is 2. The Morgan fingerprint density at radius 3 is 1.72 bits per heavy atom. The van der Waals surface area contributed by atoms with Gasteiger partial charge in [-0.25, -0.2) is 16.8 Å². The van der Waals surface area contributed by atoms with E-state index in [2.05, 4.69) is 9.44 Å². The predicted molar refractivity (Wildman–Crippen MR) is 137 cm³/mol. The van der Waals surface area contributed by atoms with Gasteiger partial charge in [-0.2, -0.15) is 13.2 Å². The van der Waals surface area contributed by atoms with E-state index in [4.69, 9.17) is 23.2 Å². The van der Waals surface area contributed by atoms with Crippen LogP contribution in [0.5, 0.6) is 0 Å². The zero-order valence-electron chi connectivity index (χ0n) is 17.5. The second-order valence-electron chi connectivity index (χ2n) is 7.13. The third kappa shape index (κ3) is 5.82. The van der Waals surface area contributed by atoms with E-state index in [9.17, 15) is 30.0 Å². The molecule has 0 spiro atoms. The van der Waals surface area contributed by atoms with Crippen molar-refractivity contribution in [1.29, 1.82) is 0 Å². The Bertz CT molecular complexity index is 1650. The van der Waals surface area contributed by atoms with Crippen molar-refractivity contribution in [2.24, 2.45) is 0 Å². The lowest BCUT2D eigenvalue weighted by Crippen LogP contribution is -2.16. The highest BCUT2D eigenvalue weighted by atomic mass is 35.5. The maximum absolute atomic E-state index is 13.6. The number of hydrogen-bond donors (Lipinski definition) is 2. The van der Waals surface area contributed by atoms with Crippen LogP contribution in [0.3, 0.4) is 0 Å². The molecule has 0 atom stereocenters. The molecular formula is C21H13Cl2F3N2O4S4. The fraction of sp³-hybridized carbons (Fsp3) is 0.0476. The van der Waals surface area contributed by atoms with Crippen molar-refractivity contribution in [3.63, 3.8) is 0 Å². The predicted octanol–water partition coefficient (Wildman–Crippen LogP) is 7.40. The Morgan fingerprint density at radius 2 is 1.22 bits per heavy atom. The summed E-state index contributed by atoms with van der Waals surface area (Å²) in [4.78, 5) is 0. The molecule has 2 aromatic heterocycles. The molecule has 0 saturated heterocycles. The van der Waals surface area contributed by atoms with Gasteiger partial charge in [0.25, 0.3) is 20.0 Å². The highest BCUT2D eigenvalue weighted by Gasteiger charge is 2.33. The monoisotopic (exact) mass is 612 g/mol. The molecule has 2 N–H and O–H groups in total. The molecular weight excluding hydrogens is 600 g/mol. The van der Waals surface area contributed by atoms with Gasteiger partial charge in [-0.05, 0) is 53.6 Å². The lowest BCUT2D eigenvalue weighted by Gasteiger charge is -2.17. The van der Waals surface area contributed by atoms with E-state index in [1.165, 1.54) is 54.6 Å². The van der Waals surface area contributed by atoms with E-state index < -0.39 is 31.8 Å². The molecule has 0 radical (unpaired) electrons. The zero-order valence-corrected chi connectivity index (χ0v) is 22.3. The lowest BCUT2D eigenvalue weighted by molar-refractivity contribution is -0.137. The Hall–Kier alpha value is -2.29. The van der Waals surface area contributed by atoms with Gasteiger partial charge >= 0.3 is 6.18 Å². The van der Waals surface area contributed by atoms with Gasteiger partial charge in [-0.15, -0.1) is 22.7 Å². The molecule has 0 aliphatic carbocycles. The third-order valence-corrected chi connectivity index (χ3v) is 10.9. The zero-order chi connectivity index (χ0) is 26.3. The van der Waals surface area contributed by atoms with Gasteiger partial charge in [-0.3, -0.25) is 9.44 Å². The van der Waals surface area contributed by atoms with Crippen LogP contribution in [0.4, 0.5) is 24.5 Å². The largest absolute Gasteiger partial charge is 0.417 e. The first kappa shape index (κ1) is 26.8. The summed E-state index contributed by atoms with van der Waals surface area (Å²) in [7, 11) is -8.45. The summed E-state index contributed by atoms with van der Waals surface area (Å²) < 4.78 is 97.0. The fourth-order valence-corrected chi connectivity index (χ4v) is 8.26. The molecule has 190 valence electrons. The number of rotatable bonds is 7. The average Bonchev–Trinajstić information content (AvgIpc) is 3.43. The minimum atomic E-state index is -4.68. The molecule has 4 rings (SSSR count). The highest BCUT2D eigenvalue weighted by molar-refractivity contribution is 7.95. The Balaban J connectivity index is 1.83. The van der Waals surface area contributed by atoms with Gasteiger partial charge in [0.1, 0.15) is 8.42 Å². The normalized spacial score (nSPS) is 12.5. The molecule has 4 aromatic rings. The van der Waals surface area contributed by atoms with Crippen molar-refractivity contribution < 1.29 is 30.0 Å². The van der Waals surface area contributed by atoms with Crippen molar-refractivity contribution in [2.75, 3.05) is 9.44 Å². The second kappa shape index (κ2) is 9.88. The minimum absolute atomic E-state index is 0.00644. The molecule has 0 bridgehead atoms. The van der Waals surface area contributed by atoms with Crippen LogP contribution in [-0.4, -0.2) is 16.8 Å². The summed E-state index contributed by atoms with van der Waals surface area (Å²) in [5.41, 5.74) is -1.65. The van der Waals surface area contributed by atoms with Crippen molar-refractivity contribution in [1.82, 2.24) is 0 Å². The molecule has 2 aromatic carbocycles.